The van der Waals surface area contributed by atoms with E-state index in [0.29, 0.717) is 13.2 Å². The van der Waals surface area contributed by atoms with Gasteiger partial charge in [0.15, 0.2) is 6.29 Å². The van der Waals surface area contributed by atoms with Gasteiger partial charge in [0.05, 0.1) is 19.1 Å². The predicted molar refractivity (Wildman–Crippen MR) is 65.8 cm³/mol. The molecule has 0 atom stereocenters. The Bertz CT molecular complexity index is 380. The molecule has 4 nitrogen and oxygen atoms in total. The Hall–Kier alpha value is -1.39. The van der Waals surface area contributed by atoms with E-state index < -0.39 is 0 Å². The molecule has 0 saturated carbocycles. The van der Waals surface area contributed by atoms with Crippen LogP contribution in [0.5, 0.6) is 0 Å². The third-order valence-corrected chi connectivity index (χ3v) is 2.69. The third kappa shape index (κ3) is 3.31. The number of benzene rings is 1. The first-order valence-corrected chi connectivity index (χ1v) is 6.15. The smallest absolute Gasteiger partial charge is 0.308 e. The van der Waals surface area contributed by atoms with Gasteiger partial charge >= 0.3 is 5.97 Å². The zero-order chi connectivity index (χ0) is 13.0. The second-order valence-electron chi connectivity index (χ2n) is 4.62. The van der Waals surface area contributed by atoms with Gasteiger partial charge in [0.25, 0.3) is 0 Å². The Labute approximate surface area is 107 Å². The highest BCUT2D eigenvalue weighted by Gasteiger charge is 2.26. The summed E-state index contributed by atoms with van der Waals surface area (Å²) in [6, 6.07) is 9.72. The molecule has 0 unspecified atom stereocenters. The van der Waals surface area contributed by atoms with Gasteiger partial charge in [-0.2, -0.15) is 0 Å². The summed E-state index contributed by atoms with van der Waals surface area (Å²) >= 11 is 0. The number of rotatable bonds is 3. The maximum atomic E-state index is 11.4. The molecule has 0 spiro atoms. The van der Waals surface area contributed by atoms with Crippen molar-refractivity contribution < 1.29 is 19.0 Å². The van der Waals surface area contributed by atoms with Crippen LogP contribution in [0.3, 0.4) is 0 Å². The largest absolute Gasteiger partial charge is 0.457 e. The average Bonchev–Trinajstić information content (AvgIpc) is 2.40. The lowest BCUT2D eigenvalue weighted by molar-refractivity contribution is -0.230. The van der Waals surface area contributed by atoms with Crippen molar-refractivity contribution in [3.63, 3.8) is 0 Å². The van der Waals surface area contributed by atoms with Crippen molar-refractivity contribution in [2.45, 2.75) is 26.2 Å². The number of esters is 1. The molecule has 98 valence electrons. The molecule has 1 aromatic rings. The minimum atomic E-state index is -0.361. The van der Waals surface area contributed by atoms with Crippen LogP contribution in [0.1, 0.15) is 25.7 Å². The van der Waals surface area contributed by atoms with Crippen molar-refractivity contribution in [1.29, 1.82) is 0 Å². The van der Waals surface area contributed by atoms with Crippen molar-refractivity contribution in [3.05, 3.63) is 35.9 Å². The van der Waals surface area contributed by atoms with Gasteiger partial charge in [0.2, 0.25) is 0 Å². The average molecular weight is 250 g/mol. The van der Waals surface area contributed by atoms with Crippen LogP contribution >= 0.6 is 0 Å². The van der Waals surface area contributed by atoms with Gasteiger partial charge in [-0.25, -0.2) is 0 Å². The fourth-order valence-corrected chi connectivity index (χ4v) is 1.66. The van der Waals surface area contributed by atoms with Gasteiger partial charge in [-0.1, -0.05) is 44.2 Å². The van der Waals surface area contributed by atoms with Crippen LogP contribution in [0.25, 0.3) is 0 Å². The molecule has 18 heavy (non-hydrogen) atoms. The van der Waals surface area contributed by atoms with E-state index in [1.54, 1.807) is 13.8 Å². The number of ether oxygens (including phenoxy) is 3. The molecule has 1 aliphatic heterocycles. The first-order valence-electron chi connectivity index (χ1n) is 6.15. The monoisotopic (exact) mass is 250 g/mol. The van der Waals surface area contributed by atoms with E-state index in [9.17, 15) is 4.79 Å². The summed E-state index contributed by atoms with van der Waals surface area (Å²) < 4.78 is 16.4. The lowest BCUT2D eigenvalue weighted by Gasteiger charge is -2.29. The van der Waals surface area contributed by atoms with Gasteiger partial charge in [0.1, 0.15) is 6.10 Å². The summed E-state index contributed by atoms with van der Waals surface area (Å²) in [5.41, 5.74) is 0.978. The molecule has 0 amide bonds. The molecule has 4 heteroatoms. The Morgan fingerprint density at radius 3 is 2.39 bits per heavy atom. The van der Waals surface area contributed by atoms with Crippen molar-refractivity contribution >= 4 is 5.97 Å². The minimum Gasteiger partial charge on any atom is -0.457 e. The number of carbonyl (C=O) groups excluding carboxylic acids is 1. The van der Waals surface area contributed by atoms with Crippen LogP contribution in [0.2, 0.25) is 0 Å². The van der Waals surface area contributed by atoms with Gasteiger partial charge in [-0.3, -0.25) is 4.79 Å². The summed E-state index contributed by atoms with van der Waals surface area (Å²) in [5.74, 6) is -0.345. The third-order valence-electron chi connectivity index (χ3n) is 2.69. The maximum absolute atomic E-state index is 11.4. The molecule has 1 aromatic carbocycles. The van der Waals surface area contributed by atoms with Gasteiger partial charge in [-0.15, -0.1) is 0 Å². The molecule has 0 bridgehead atoms. The zero-order valence-electron chi connectivity index (χ0n) is 10.7. The second-order valence-corrected chi connectivity index (χ2v) is 4.62. The van der Waals surface area contributed by atoms with Gasteiger partial charge in [0, 0.05) is 5.56 Å². The summed E-state index contributed by atoms with van der Waals surface area (Å²) in [7, 11) is 0. The van der Waals surface area contributed by atoms with E-state index in [-0.39, 0.29) is 24.3 Å². The molecule has 0 radical (unpaired) electrons. The van der Waals surface area contributed by atoms with Gasteiger partial charge in [-0.05, 0) is 0 Å². The topological polar surface area (TPSA) is 44.8 Å². The fraction of sp³-hybridized carbons (Fsp3) is 0.500. The molecule has 2 rings (SSSR count). The first kappa shape index (κ1) is 13.1. The van der Waals surface area contributed by atoms with E-state index >= 15 is 0 Å². The summed E-state index contributed by atoms with van der Waals surface area (Å²) in [6.07, 6.45) is -0.667. The predicted octanol–water partition coefficient (Wildman–Crippen LogP) is 2.30. The maximum Gasteiger partial charge on any atom is 0.308 e. The lowest BCUT2D eigenvalue weighted by atomic mass is 10.2. The summed E-state index contributed by atoms with van der Waals surface area (Å²) in [4.78, 5) is 11.4. The summed E-state index contributed by atoms with van der Waals surface area (Å²) in [6.45, 7) is 4.36. The summed E-state index contributed by atoms with van der Waals surface area (Å²) in [5, 5.41) is 0. The quantitative estimate of drug-likeness (QED) is 0.772. The van der Waals surface area contributed by atoms with E-state index in [1.165, 1.54) is 0 Å². The second kappa shape index (κ2) is 5.98. The lowest BCUT2D eigenvalue weighted by Crippen LogP contribution is -2.36. The van der Waals surface area contributed by atoms with E-state index in [1.807, 2.05) is 30.3 Å². The highest BCUT2D eigenvalue weighted by molar-refractivity contribution is 5.71. The Morgan fingerprint density at radius 2 is 1.83 bits per heavy atom. The molecule has 0 aliphatic carbocycles. The van der Waals surface area contributed by atoms with Crippen molar-refractivity contribution in [1.82, 2.24) is 0 Å². The molecular weight excluding hydrogens is 232 g/mol. The molecule has 1 saturated heterocycles. The fourth-order valence-electron chi connectivity index (χ4n) is 1.66. The standard InChI is InChI=1S/C14H18O4/c1-10(2)13(15)18-12-8-16-14(17-9-12)11-6-4-3-5-7-11/h3-7,10,12,14H,8-9H2,1-2H3. The van der Waals surface area contributed by atoms with Crippen LogP contribution in [0.4, 0.5) is 0 Å². The number of hydrogen-bond acceptors (Lipinski definition) is 4. The SMILES string of the molecule is CC(C)C(=O)OC1COC(c2ccccc2)OC1. The van der Waals surface area contributed by atoms with Crippen LogP contribution in [0, 0.1) is 5.92 Å². The van der Waals surface area contributed by atoms with E-state index in [0.717, 1.165) is 5.56 Å². The number of hydrogen-bond donors (Lipinski definition) is 0. The molecular formula is C14H18O4. The Morgan fingerprint density at radius 1 is 1.22 bits per heavy atom. The highest BCUT2D eigenvalue weighted by Crippen LogP contribution is 2.23. The van der Waals surface area contributed by atoms with Crippen LogP contribution in [-0.2, 0) is 19.0 Å². The van der Waals surface area contributed by atoms with Gasteiger partial charge < -0.3 is 14.2 Å². The van der Waals surface area contributed by atoms with Crippen molar-refractivity contribution in [2.24, 2.45) is 5.92 Å². The van der Waals surface area contributed by atoms with E-state index in [4.69, 9.17) is 14.2 Å². The zero-order valence-corrected chi connectivity index (χ0v) is 10.7. The minimum absolute atomic E-state index is 0.128. The highest BCUT2D eigenvalue weighted by atomic mass is 16.7. The van der Waals surface area contributed by atoms with Crippen molar-refractivity contribution in [3.8, 4) is 0 Å². The molecule has 0 N–H and O–H groups in total. The molecule has 1 aliphatic rings. The Balaban J connectivity index is 1.83. The van der Waals surface area contributed by atoms with E-state index in [2.05, 4.69) is 0 Å². The first-order chi connectivity index (χ1) is 8.66. The molecule has 1 fully saturated rings. The Kier molecular flexibility index (Phi) is 4.33. The van der Waals surface area contributed by atoms with Crippen molar-refractivity contribution in [2.75, 3.05) is 13.2 Å². The molecule has 0 aromatic heterocycles. The van der Waals surface area contributed by atoms with Crippen LogP contribution in [-0.4, -0.2) is 25.3 Å². The van der Waals surface area contributed by atoms with Crippen LogP contribution in [0.15, 0.2) is 30.3 Å². The normalized spacial score (nSPS) is 23.9. The van der Waals surface area contributed by atoms with Crippen LogP contribution < -0.4 is 0 Å². The number of carbonyl (C=O) groups is 1. The molecule has 1 heterocycles.